The standard InChI is InChI=1S/C12H14N2O/c1-4-7-13-12(15)14-11-8-9(2)5-6-10(11)3/h1,5-6,8H,7H2,2-3H3,(H2,13,14,15). The maximum absolute atomic E-state index is 11.3. The van der Waals surface area contributed by atoms with Gasteiger partial charge in [-0.05, 0) is 31.0 Å². The quantitative estimate of drug-likeness (QED) is 0.708. The Morgan fingerprint density at radius 2 is 2.20 bits per heavy atom. The van der Waals surface area contributed by atoms with Crippen molar-refractivity contribution in [2.45, 2.75) is 13.8 Å². The Morgan fingerprint density at radius 3 is 2.87 bits per heavy atom. The van der Waals surface area contributed by atoms with E-state index in [4.69, 9.17) is 6.42 Å². The van der Waals surface area contributed by atoms with Gasteiger partial charge in [0.2, 0.25) is 0 Å². The lowest BCUT2D eigenvalue weighted by Gasteiger charge is -2.09. The number of amides is 2. The number of hydrogen-bond donors (Lipinski definition) is 2. The maximum atomic E-state index is 11.3. The average Bonchev–Trinajstić information content (AvgIpc) is 2.20. The van der Waals surface area contributed by atoms with Gasteiger partial charge < -0.3 is 10.6 Å². The molecular formula is C12H14N2O. The number of nitrogens with one attached hydrogen (secondary N) is 2. The largest absolute Gasteiger partial charge is 0.327 e. The topological polar surface area (TPSA) is 41.1 Å². The van der Waals surface area contributed by atoms with Gasteiger partial charge in [0.05, 0.1) is 6.54 Å². The van der Waals surface area contributed by atoms with Crippen LogP contribution in [0.1, 0.15) is 11.1 Å². The molecule has 1 aromatic rings. The Hall–Kier alpha value is -1.95. The minimum atomic E-state index is -0.276. The van der Waals surface area contributed by atoms with Crippen LogP contribution < -0.4 is 10.6 Å². The fourth-order valence-corrected chi connectivity index (χ4v) is 1.17. The number of anilines is 1. The lowest BCUT2D eigenvalue weighted by molar-refractivity contribution is 0.253. The molecule has 0 spiro atoms. The smallest absolute Gasteiger partial charge is 0.320 e. The molecule has 78 valence electrons. The van der Waals surface area contributed by atoms with E-state index in [-0.39, 0.29) is 12.6 Å². The van der Waals surface area contributed by atoms with Crippen molar-refractivity contribution in [2.24, 2.45) is 0 Å². The highest BCUT2D eigenvalue weighted by molar-refractivity contribution is 5.90. The van der Waals surface area contributed by atoms with Gasteiger partial charge in [-0.1, -0.05) is 18.1 Å². The summed E-state index contributed by atoms with van der Waals surface area (Å²) in [6, 6.07) is 5.61. The summed E-state index contributed by atoms with van der Waals surface area (Å²) < 4.78 is 0. The Balaban J connectivity index is 2.68. The number of terminal acetylenes is 1. The molecule has 0 aromatic heterocycles. The normalized spacial score (nSPS) is 9.13. The number of hydrogen-bond acceptors (Lipinski definition) is 1. The van der Waals surface area contributed by atoms with Crippen molar-refractivity contribution in [3.63, 3.8) is 0 Å². The van der Waals surface area contributed by atoms with E-state index in [0.29, 0.717) is 0 Å². The third-order valence-corrected chi connectivity index (χ3v) is 1.99. The summed E-state index contributed by atoms with van der Waals surface area (Å²) in [6.07, 6.45) is 5.03. The summed E-state index contributed by atoms with van der Waals surface area (Å²) in [5, 5.41) is 5.28. The number of aryl methyl sites for hydroxylation is 2. The van der Waals surface area contributed by atoms with Crippen molar-refractivity contribution in [2.75, 3.05) is 11.9 Å². The second kappa shape index (κ2) is 5.06. The summed E-state index contributed by atoms with van der Waals surface area (Å²) in [6.45, 7) is 4.15. The van der Waals surface area contributed by atoms with Crippen LogP contribution in [-0.2, 0) is 0 Å². The van der Waals surface area contributed by atoms with Crippen LogP contribution >= 0.6 is 0 Å². The minimum absolute atomic E-state index is 0.233. The zero-order chi connectivity index (χ0) is 11.3. The van der Waals surface area contributed by atoms with E-state index >= 15 is 0 Å². The summed E-state index contributed by atoms with van der Waals surface area (Å²) in [5.74, 6) is 2.34. The van der Waals surface area contributed by atoms with E-state index < -0.39 is 0 Å². The van der Waals surface area contributed by atoms with E-state index in [1.54, 1.807) is 0 Å². The van der Waals surface area contributed by atoms with Crippen LogP contribution in [0.5, 0.6) is 0 Å². The van der Waals surface area contributed by atoms with Gasteiger partial charge >= 0.3 is 6.03 Å². The van der Waals surface area contributed by atoms with Crippen molar-refractivity contribution in [3.05, 3.63) is 29.3 Å². The molecular weight excluding hydrogens is 188 g/mol. The Kier molecular flexibility index (Phi) is 3.75. The summed E-state index contributed by atoms with van der Waals surface area (Å²) in [7, 11) is 0. The zero-order valence-electron chi connectivity index (χ0n) is 8.92. The third-order valence-electron chi connectivity index (χ3n) is 1.99. The van der Waals surface area contributed by atoms with Gasteiger partial charge in [0.15, 0.2) is 0 Å². The van der Waals surface area contributed by atoms with Crippen molar-refractivity contribution in [1.82, 2.24) is 5.32 Å². The van der Waals surface area contributed by atoms with Gasteiger partial charge in [-0.15, -0.1) is 6.42 Å². The highest BCUT2D eigenvalue weighted by Gasteiger charge is 2.02. The van der Waals surface area contributed by atoms with Crippen LogP contribution in [-0.4, -0.2) is 12.6 Å². The molecule has 0 aliphatic rings. The summed E-state index contributed by atoms with van der Waals surface area (Å²) in [4.78, 5) is 11.3. The molecule has 0 aliphatic carbocycles. The van der Waals surface area contributed by atoms with E-state index in [1.165, 1.54) is 0 Å². The fraction of sp³-hybridized carbons (Fsp3) is 0.250. The van der Waals surface area contributed by atoms with Gasteiger partial charge in [-0.3, -0.25) is 0 Å². The Morgan fingerprint density at radius 1 is 1.47 bits per heavy atom. The number of benzene rings is 1. The molecule has 3 heteroatoms. The van der Waals surface area contributed by atoms with Crippen molar-refractivity contribution in [1.29, 1.82) is 0 Å². The second-order valence-electron chi connectivity index (χ2n) is 3.33. The molecule has 0 unspecified atom stereocenters. The SMILES string of the molecule is C#CCNC(=O)Nc1cc(C)ccc1C. The number of rotatable bonds is 2. The van der Waals surface area contributed by atoms with Crippen molar-refractivity contribution < 1.29 is 4.79 Å². The van der Waals surface area contributed by atoms with Crippen molar-refractivity contribution >= 4 is 11.7 Å². The molecule has 0 saturated heterocycles. The zero-order valence-corrected chi connectivity index (χ0v) is 8.92. The monoisotopic (exact) mass is 202 g/mol. The van der Waals surface area contributed by atoms with Gasteiger partial charge in [-0.25, -0.2) is 4.79 Å². The summed E-state index contributed by atoms with van der Waals surface area (Å²) in [5.41, 5.74) is 2.94. The first kappa shape index (κ1) is 11.1. The second-order valence-corrected chi connectivity index (χ2v) is 3.33. The molecule has 0 aliphatic heterocycles. The highest BCUT2D eigenvalue weighted by atomic mass is 16.2. The van der Waals surface area contributed by atoms with Crippen LogP contribution in [0.3, 0.4) is 0 Å². The van der Waals surface area contributed by atoms with E-state index in [9.17, 15) is 4.79 Å². The van der Waals surface area contributed by atoms with Crippen LogP contribution in [0.15, 0.2) is 18.2 Å². The number of urea groups is 1. The molecule has 0 atom stereocenters. The van der Waals surface area contributed by atoms with Gasteiger partial charge in [0.1, 0.15) is 0 Å². The first-order valence-corrected chi connectivity index (χ1v) is 4.69. The van der Waals surface area contributed by atoms with Gasteiger partial charge in [-0.2, -0.15) is 0 Å². The van der Waals surface area contributed by atoms with Crippen LogP contribution in [0.2, 0.25) is 0 Å². The van der Waals surface area contributed by atoms with Gasteiger partial charge in [0, 0.05) is 5.69 Å². The molecule has 0 radical (unpaired) electrons. The van der Waals surface area contributed by atoms with Crippen LogP contribution in [0, 0.1) is 26.2 Å². The number of carbonyl (C=O) groups excluding carboxylic acids is 1. The lowest BCUT2D eigenvalue weighted by Crippen LogP contribution is -2.29. The molecule has 2 N–H and O–H groups in total. The Bertz CT molecular complexity index is 405. The molecule has 2 amide bonds. The van der Waals surface area contributed by atoms with E-state index in [1.807, 2.05) is 32.0 Å². The predicted molar refractivity (Wildman–Crippen MR) is 61.8 cm³/mol. The van der Waals surface area contributed by atoms with E-state index in [0.717, 1.165) is 16.8 Å². The average molecular weight is 202 g/mol. The Labute approximate surface area is 89.9 Å². The summed E-state index contributed by atoms with van der Waals surface area (Å²) >= 11 is 0. The van der Waals surface area contributed by atoms with Crippen LogP contribution in [0.25, 0.3) is 0 Å². The molecule has 0 heterocycles. The molecule has 0 fully saturated rings. The molecule has 1 aromatic carbocycles. The van der Waals surface area contributed by atoms with Crippen molar-refractivity contribution in [3.8, 4) is 12.3 Å². The lowest BCUT2D eigenvalue weighted by atomic mass is 10.1. The first-order chi connectivity index (χ1) is 7.13. The first-order valence-electron chi connectivity index (χ1n) is 4.69. The molecule has 1 rings (SSSR count). The number of carbonyl (C=O) groups is 1. The van der Waals surface area contributed by atoms with Crippen LogP contribution in [0.4, 0.5) is 10.5 Å². The third kappa shape index (κ3) is 3.35. The minimum Gasteiger partial charge on any atom is -0.327 e. The molecule has 15 heavy (non-hydrogen) atoms. The molecule has 0 saturated carbocycles. The van der Waals surface area contributed by atoms with E-state index in [2.05, 4.69) is 16.6 Å². The van der Waals surface area contributed by atoms with Gasteiger partial charge in [0.25, 0.3) is 0 Å². The fourth-order valence-electron chi connectivity index (χ4n) is 1.17. The molecule has 3 nitrogen and oxygen atoms in total. The predicted octanol–water partition coefficient (Wildman–Crippen LogP) is 2.06. The highest BCUT2D eigenvalue weighted by Crippen LogP contribution is 2.15. The molecule has 0 bridgehead atoms. The maximum Gasteiger partial charge on any atom is 0.320 e.